The largest absolute Gasteiger partial charge is 0.331 e. The molecule has 0 saturated heterocycles. The second-order valence-corrected chi connectivity index (χ2v) is 6.36. The van der Waals surface area contributed by atoms with E-state index in [-0.39, 0.29) is 24.4 Å². The first-order chi connectivity index (χ1) is 10.7. The predicted octanol–water partition coefficient (Wildman–Crippen LogP) is 2.76. The number of amides is 2. The Morgan fingerprint density at radius 2 is 1.91 bits per heavy atom. The first-order valence-corrected chi connectivity index (χ1v) is 8.32. The number of aryl methyl sites for hydroxylation is 1. The molecule has 1 aromatic rings. The maximum absolute atomic E-state index is 12.8. The van der Waals surface area contributed by atoms with Gasteiger partial charge in [0.1, 0.15) is 6.54 Å². The van der Waals surface area contributed by atoms with Gasteiger partial charge < -0.3 is 9.80 Å². The second-order valence-electron chi connectivity index (χ2n) is 6.36. The van der Waals surface area contributed by atoms with Gasteiger partial charge in [-0.25, -0.2) is 0 Å². The molecular weight excluding hydrogens is 276 g/mol. The fourth-order valence-corrected chi connectivity index (χ4v) is 3.74. The Labute approximate surface area is 132 Å². The van der Waals surface area contributed by atoms with Crippen LogP contribution in [0.1, 0.15) is 44.6 Å². The number of hydrogen-bond donors (Lipinski definition) is 0. The Kier molecular flexibility index (Phi) is 4.46. The molecular formula is C18H24N2O2. The van der Waals surface area contributed by atoms with E-state index in [1.165, 1.54) is 5.56 Å². The smallest absolute Gasteiger partial charge is 0.246 e. The van der Waals surface area contributed by atoms with E-state index in [2.05, 4.69) is 6.07 Å². The van der Waals surface area contributed by atoms with E-state index in [4.69, 9.17) is 0 Å². The van der Waals surface area contributed by atoms with Gasteiger partial charge in [-0.15, -0.1) is 0 Å². The molecule has 1 aliphatic heterocycles. The first-order valence-electron chi connectivity index (χ1n) is 8.32. The molecule has 1 heterocycles. The van der Waals surface area contributed by atoms with Crippen LogP contribution >= 0.6 is 0 Å². The number of carbonyl (C=O) groups is 2. The van der Waals surface area contributed by atoms with Crippen molar-refractivity contribution in [1.82, 2.24) is 4.90 Å². The number of anilines is 1. The molecule has 4 nitrogen and oxygen atoms in total. The zero-order valence-electron chi connectivity index (χ0n) is 13.3. The summed E-state index contributed by atoms with van der Waals surface area (Å²) in [6, 6.07) is 8.35. The Balaban J connectivity index is 1.75. The lowest BCUT2D eigenvalue weighted by Crippen LogP contribution is -2.47. The molecule has 0 N–H and O–H groups in total. The van der Waals surface area contributed by atoms with Crippen LogP contribution in [-0.2, 0) is 16.0 Å². The number of benzene rings is 1. The fourth-order valence-electron chi connectivity index (χ4n) is 3.74. The maximum atomic E-state index is 12.8. The molecule has 1 saturated carbocycles. The highest BCUT2D eigenvalue weighted by atomic mass is 16.2. The van der Waals surface area contributed by atoms with Crippen molar-refractivity contribution in [2.45, 2.75) is 51.5 Å². The molecule has 2 amide bonds. The number of rotatable bonds is 3. The summed E-state index contributed by atoms with van der Waals surface area (Å²) in [5.74, 6) is 0.0693. The third-order valence-electron chi connectivity index (χ3n) is 4.89. The third-order valence-corrected chi connectivity index (χ3v) is 4.89. The lowest BCUT2D eigenvalue weighted by atomic mass is 10.0. The van der Waals surface area contributed by atoms with Gasteiger partial charge in [0.05, 0.1) is 0 Å². The topological polar surface area (TPSA) is 40.6 Å². The highest BCUT2D eigenvalue weighted by Gasteiger charge is 2.29. The van der Waals surface area contributed by atoms with Crippen LogP contribution in [0.4, 0.5) is 5.69 Å². The molecule has 0 radical (unpaired) electrons. The van der Waals surface area contributed by atoms with Crippen LogP contribution in [-0.4, -0.2) is 35.8 Å². The van der Waals surface area contributed by atoms with Crippen molar-refractivity contribution in [3.05, 3.63) is 29.8 Å². The predicted molar refractivity (Wildman–Crippen MR) is 86.8 cm³/mol. The Morgan fingerprint density at radius 3 is 2.64 bits per heavy atom. The Bertz CT molecular complexity index is 564. The monoisotopic (exact) mass is 300 g/mol. The number of fused-ring (bicyclic) bond motifs is 1. The molecule has 3 rings (SSSR count). The quantitative estimate of drug-likeness (QED) is 0.861. The van der Waals surface area contributed by atoms with Crippen molar-refractivity contribution in [1.29, 1.82) is 0 Å². The van der Waals surface area contributed by atoms with Gasteiger partial charge in [0.25, 0.3) is 0 Å². The molecule has 0 aromatic heterocycles. The molecule has 2 aliphatic rings. The van der Waals surface area contributed by atoms with Crippen molar-refractivity contribution in [3.8, 4) is 0 Å². The number of hydrogen-bond acceptors (Lipinski definition) is 2. The Morgan fingerprint density at radius 1 is 1.18 bits per heavy atom. The molecule has 118 valence electrons. The van der Waals surface area contributed by atoms with Crippen molar-refractivity contribution in [3.63, 3.8) is 0 Å². The zero-order chi connectivity index (χ0) is 15.5. The molecule has 4 heteroatoms. The summed E-state index contributed by atoms with van der Waals surface area (Å²) in [5.41, 5.74) is 2.26. The summed E-state index contributed by atoms with van der Waals surface area (Å²) in [7, 11) is 0. The molecule has 0 atom stereocenters. The van der Waals surface area contributed by atoms with E-state index in [1.807, 2.05) is 23.1 Å². The van der Waals surface area contributed by atoms with Gasteiger partial charge in [-0.3, -0.25) is 9.59 Å². The van der Waals surface area contributed by atoms with E-state index in [0.717, 1.165) is 50.8 Å². The van der Waals surface area contributed by atoms with E-state index >= 15 is 0 Å². The molecule has 1 fully saturated rings. The standard InChI is InChI=1S/C18H24N2O2/c1-14(21)20(16-9-3-4-10-16)13-18(22)19-12-6-8-15-7-2-5-11-17(15)19/h2,5,7,11,16H,3-4,6,8-10,12-13H2,1H3. The summed E-state index contributed by atoms with van der Waals surface area (Å²) in [5, 5.41) is 0. The average molecular weight is 300 g/mol. The summed E-state index contributed by atoms with van der Waals surface area (Å²) < 4.78 is 0. The number of para-hydroxylation sites is 1. The van der Waals surface area contributed by atoms with E-state index in [1.54, 1.807) is 11.8 Å². The molecule has 0 spiro atoms. The molecule has 0 unspecified atom stereocenters. The van der Waals surface area contributed by atoms with Crippen molar-refractivity contribution in [2.75, 3.05) is 18.0 Å². The maximum Gasteiger partial charge on any atom is 0.246 e. The van der Waals surface area contributed by atoms with Crippen LogP contribution in [0, 0.1) is 0 Å². The van der Waals surface area contributed by atoms with Crippen LogP contribution in [0.3, 0.4) is 0 Å². The lowest BCUT2D eigenvalue weighted by molar-refractivity contribution is -0.135. The van der Waals surface area contributed by atoms with Gasteiger partial charge in [0, 0.05) is 25.2 Å². The minimum absolute atomic E-state index is 0.0190. The van der Waals surface area contributed by atoms with E-state index in [9.17, 15) is 9.59 Å². The van der Waals surface area contributed by atoms with Gasteiger partial charge in [-0.2, -0.15) is 0 Å². The minimum atomic E-state index is 0.0190. The summed E-state index contributed by atoms with van der Waals surface area (Å²) in [6.07, 6.45) is 6.41. The fraction of sp³-hybridized carbons (Fsp3) is 0.556. The average Bonchev–Trinajstić information content (AvgIpc) is 3.05. The van der Waals surface area contributed by atoms with Crippen LogP contribution in [0.15, 0.2) is 24.3 Å². The minimum Gasteiger partial charge on any atom is -0.331 e. The molecule has 1 aliphatic carbocycles. The second kappa shape index (κ2) is 6.51. The normalized spacial score (nSPS) is 18.1. The van der Waals surface area contributed by atoms with Gasteiger partial charge >= 0.3 is 0 Å². The summed E-state index contributed by atoms with van der Waals surface area (Å²) >= 11 is 0. The molecule has 1 aromatic carbocycles. The highest BCUT2D eigenvalue weighted by Crippen LogP contribution is 2.28. The van der Waals surface area contributed by atoms with Crippen LogP contribution in [0.25, 0.3) is 0 Å². The van der Waals surface area contributed by atoms with Gasteiger partial charge in [0.15, 0.2) is 0 Å². The van der Waals surface area contributed by atoms with Gasteiger partial charge in [0.2, 0.25) is 11.8 Å². The third kappa shape index (κ3) is 3.01. The molecule has 0 bridgehead atoms. The number of nitrogens with zero attached hydrogens (tertiary/aromatic N) is 2. The highest BCUT2D eigenvalue weighted by molar-refractivity contribution is 5.97. The van der Waals surface area contributed by atoms with Crippen LogP contribution < -0.4 is 4.90 Å². The number of carbonyl (C=O) groups excluding carboxylic acids is 2. The summed E-state index contributed by atoms with van der Waals surface area (Å²) in [6.45, 7) is 2.55. The van der Waals surface area contributed by atoms with E-state index in [0.29, 0.717) is 0 Å². The summed E-state index contributed by atoms with van der Waals surface area (Å²) in [4.78, 5) is 28.4. The van der Waals surface area contributed by atoms with Crippen molar-refractivity contribution >= 4 is 17.5 Å². The van der Waals surface area contributed by atoms with Crippen LogP contribution in [0.2, 0.25) is 0 Å². The molecule has 22 heavy (non-hydrogen) atoms. The first kappa shape index (κ1) is 15.1. The van der Waals surface area contributed by atoms with Crippen molar-refractivity contribution in [2.24, 2.45) is 0 Å². The lowest BCUT2D eigenvalue weighted by Gasteiger charge is -2.33. The van der Waals surface area contributed by atoms with E-state index < -0.39 is 0 Å². The Hall–Kier alpha value is -1.84. The van der Waals surface area contributed by atoms with Gasteiger partial charge in [-0.1, -0.05) is 31.0 Å². The van der Waals surface area contributed by atoms with Crippen LogP contribution in [0.5, 0.6) is 0 Å². The van der Waals surface area contributed by atoms with Gasteiger partial charge in [-0.05, 0) is 37.3 Å². The zero-order valence-corrected chi connectivity index (χ0v) is 13.3. The SMILES string of the molecule is CC(=O)N(CC(=O)N1CCCc2ccccc21)C1CCCC1. The van der Waals surface area contributed by atoms with Crippen molar-refractivity contribution < 1.29 is 9.59 Å².